The molecule has 0 saturated heterocycles. The van der Waals surface area contributed by atoms with Crippen molar-refractivity contribution in [1.82, 2.24) is 20.1 Å². The maximum absolute atomic E-state index is 12.5. The lowest BCUT2D eigenvalue weighted by molar-refractivity contribution is 0.0954. The molecule has 0 radical (unpaired) electrons. The van der Waals surface area contributed by atoms with E-state index in [1.807, 2.05) is 61.0 Å². The number of rotatable bonds is 5. The number of aromatic nitrogens is 3. The molecule has 0 fully saturated rings. The topological polar surface area (TPSA) is 59.8 Å². The Hall–Kier alpha value is -2.95. The average molecular weight is 377 g/mol. The SMILES string of the molecule is Cc1nn(-c2ccccn2)c(C)c1CCNC(=O)c1ccc(C(C)(C)C)cc1. The molecule has 1 amide bonds. The van der Waals surface area contributed by atoms with Crippen LogP contribution in [0, 0.1) is 13.8 Å². The third-order valence-electron chi connectivity index (χ3n) is 4.98. The molecule has 0 aliphatic carbocycles. The molecular weight excluding hydrogens is 348 g/mol. The van der Waals surface area contributed by atoms with E-state index in [1.165, 1.54) is 5.56 Å². The molecule has 0 aliphatic rings. The molecule has 2 heterocycles. The first kappa shape index (κ1) is 19.8. The Morgan fingerprint density at radius 1 is 1.07 bits per heavy atom. The average Bonchev–Trinajstić information content (AvgIpc) is 2.96. The Morgan fingerprint density at radius 2 is 1.79 bits per heavy atom. The Morgan fingerprint density at radius 3 is 2.39 bits per heavy atom. The van der Waals surface area contributed by atoms with Gasteiger partial charge in [0.2, 0.25) is 0 Å². The lowest BCUT2D eigenvalue weighted by atomic mass is 9.87. The monoisotopic (exact) mass is 376 g/mol. The summed E-state index contributed by atoms with van der Waals surface area (Å²) in [6.45, 7) is 11.1. The second-order valence-electron chi connectivity index (χ2n) is 8.08. The maximum atomic E-state index is 12.5. The Labute approximate surface area is 166 Å². The number of pyridine rings is 1. The number of benzene rings is 1. The third kappa shape index (κ3) is 4.30. The summed E-state index contributed by atoms with van der Waals surface area (Å²) in [6.07, 6.45) is 2.49. The fourth-order valence-corrected chi connectivity index (χ4v) is 3.26. The predicted molar refractivity (Wildman–Crippen MR) is 112 cm³/mol. The number of carbonyl (C=O) groups is 1. The molecule has 0 unspecified atom stereocenters. The van der Waals surface area contributed by atoms with Gasteiger partial charge in [-0.05, 0) is 61.1 Å². The van der Waals surface area contributed by atoms with Gasteiger partial charge in [-0.2, -0.15) is 5.10 Å². The van der Waals surface area contributed by atoms with Gasteiger partial charge in [-0.15, -0.1) is 0 Å². The number of nitrogens with zero attached hydrogens (tertiary/aromatic N) is 3. The van der Waals surface area contributed by atoms with E-state index in [1.54, 1.807) is 6.20 Å². The van der Waals surface area contributed by atoms with Crippen molar-refractivity contribution in [1.29, 1.82) is 0 Å². The molecule has 0 spiro atoms. The molecule has 3 rings (SSSR count). The molecule has 1 aromatic carbocycles. The van der Waals surface area contributed by atoms with Gasteiger partial charge in [0.1, 0.15) is 0 Å². The number of amides is 1. The van der Waals surface area contributed by atoms with Crippen molar-refractivity contribution in [3.8, 4) is 5.82 Å². The van der Waals surface area contributed by atoms with Crippen LogP contribution in [0.2, 0.25) is 0 Å². The van der Waals surface area contributed by atoms with E-state index < -0.39 is 0 Å². The van der Waals surface area contributed by atoms with Crippen LogP contribution in [-0.4, -0.2) is 27.2 Å². The number of nitrogens with one attached hydrogen (secondary N) is 1. The number of hydrogen-bond donors (Lipinski definition) is 1. The van der Waals surface area contributed by atoms with Crippen LogP contribution in [0.25, 0.3) is 5.82 Å². The highest BCUT2D eigenvalue weighted by molar-refractivity contribution is 5.94. The van der Waals surface area contributed by atoms with Crippen LogP contribution < -0.4 is 5.32 Å². The van der Waals surface area contributed by atoms with E-state index in [-0.39, 0.29) is 11.3 Å². The maximum Gasteiger partial charge on any atom is 0.251 e. The smallest absolute Gasteiger partial charge is 0.251 e. The van der Waals surface area contributed by atoms with Gasteiger partial charge in [0.15, 0.2) is 5.82 Å². The normalized spacial score (nSPS) is 11.5. The van der Waals surface area contributed by atoms with E-state index >= 15 is 0 Å². The highest BCUT2D eigenvalue weighted by Crippen LogP contribution is 2.22. The molecule has 146 valence electrons. The van der Waals surface area contributed by atoms with Crippen LogP contribution in [0.1, 0.15) is 53.6 Å². The number of carbonyl (C=O) groups excluding carboxylic acids is 1. The third-order valence-corrected chi connectivity index (χ3v) is 4.98. The first-order valence-corrected chi connectivity index (χ1v) is 9.62. The van der Waals surface area contributed by atoms with Gasteiger partial charge in [-0.1, -0.05) is 39.0 Å². The van der Waals surface area contributed by atoms with Crippen molar-refractivity contribution >= 4 is 5.91 Å². The Kier molecular flexibility index (Phi) is 5.63. The summed E-state index contributed by atoms with van der Waals surface area (Å²) in [5.41, 5.74) is 5.15. The van der Waals surface area contributed by atoms with E-state index in [0.29, 0.717) is 12.1 Å². The minimum atomic E-state index is -0.0483. The van der Waals surface area contributed by atoms with E-state index in [9.17, 15) is 4.79 Å². The quantitative estimate of drug-likeness (QED) is 0.727. The van der Waals surface area contributed by atoms with Gasteiger partial charge in [-0.25, -0.2) is 9.67 Å². The van der Waals surface area contributed by atoms with Gasteiger partial charge in [-0.3, -0.25) is 4.79 Å². The van der Waals surface area contributed by atoms with Crippen LogP contribution >= 0.6 is 0 Å². The molecule has 3 aromatic rings. The largest absolute Gasteiger partial charge is 0.352 e. The van der Waals surface area contributed by atoms with Crippen molar-refractivity contribution in [2.45, 2.75) is 46.5 Å². The van der Waals surface area contributed by atoms with Crippen molar-refractivity contribution in [3.05, 3.63) is 76.7 Å². The molecule has 5 heteroatoms. The van der Waals surface area contributed by atoms with Crippen LogP contribution in [0.15, 0.2) is 48.7 Å². The Balaban J connectivity index is 1.64. The predicted octanol–water partition coefficient (Wildman–Crippen LogP) is 4.15. The van der Waals surface area contributed by atoms with Gasteiger partial charge in [0, 0.05) is 24.0 Å². The summed E-state index contributed by atoms with van der Waals surface area (Å²) < 4.78 is 1.86. The van der Waals surface area contributed by atoms with Gasteiger partial charge >= 0.3 is 0 Å². The van der Waals surface area contributed by atoms with Crippen molar-refractivity contribution in [3.63, 3.8) is 0 Å². The highest BCUT2D eigenvalue weighted by Gasteiger charge is 2.15. The van der Waals surface area contributed by atoms with Crippen LogP contribution in [0.3, 0.4) is 0 Å². The minimum Gasteiger partial charge on any atom is -0.352 e. The van der Waals surface area contributed by atoms with E-state index in [2.05, 4.69) is 36.2 Å². The zero-order valence-corrected chi connectivity index (χ0v) is 17.3. The summed E-state index contributed by atoms with van der Waals surface area (Å²) in [4.78, 5) is 16.8. The lowest BCUT2D eigenvalue weighted by Crippen LogP contribution is -2.26. The standard InChI is InChI=1S/C23H28N4O/c1-16-20(17(2)27(26-16)21-8-6-7-14-24-21)13-15-25-22(28)18-9-11-19(12-10-18)23(3,4)5/h6-12,14H,13,15H2,1-5H3,(H,25,28). The molecule has 0 bridgehead atoms. The first-order chi connectivity index (χ1) is 13.3. The fraction of sp³-hybridized carbons (Fsp3) is 0.348. The fourth-order valence-electron chi connectivity index (χ4n) is 3.26. The van der Waals surface area contributed by atoms with Gasteiger partial charge in [0.05, 0.1) is 5.69 Å². The van der Waals surface area contributed by atoms with Crippen molar-refractivity contribution in [2.24, 2.45) is 0 Å². The van der Waals surface area contributed by atoms with E-state index in [4.69, 9.17) is 0 Å². The zero-order chi connectivity index (χ0) is 20.3. The zero-order valence-electron chi connectivity index (χ0n) is 17.3. The second-order valence-corrected chi connectivity index (χ2v) is 8.08. The summed E-state index contributed by atoms with van der Waals surface area (Å²) in [5.74, 6) is 0.755. The van der Waals surface area contributed by atoms with Crippen molar-refractivity contribution < 1.29 is 4.79 Å². The van der Waals surface area contributed by atoms with Crippen LogP contribution in [0.5, 0.6) is 0 Å². The molecule has 0 aliphatic heterocycles. The summed E-state index contributed by atoms with van der Waals surface area (Å²) in [6, 6.07) is 13.6. The lowest BCUT2D eigenvalue weighted by Gasteiger charge is -2.19. The Bertz CT molecular complexity index is 951. The van der Waals surface area contributed by atoms with Crippen molar-refractivity contribution in [2.75, 3.05) is 6.54 Å². The minimum absolute atomic E-state index is 0.0483. The number of aryl methyl sites for hydroxylation is 1. The molecule has 2 aromatic heterocycles. The van der Waals surface area contributed by atoms with Crippen LogP contribution in [0.4, 0.5) is 0 Å². The molecule has 1 N–H and O–H groups in total. The van der Waals surface area contributed by atoms with Gasteiger partial charge < -0.3 is 5.32 Å². The summed E-state index contributed by atoms with van der Waals surface area (Å²) in [5, 5.41) is 7.63. The molecule has 0 saturated carbocycles. The summed E-state index contributed by atoms with van der Waals surface area (Å²) >= 11 is 0. The molecular formula is C23H28N4O. The number of hydrogen-bond acceptors (Lipinski definition) is 3. The highest BCUT2D eigenvalue weighted by atomic mass is 16.1. The second kappa shape index (κ2) is 7.97. The van der Waals surface area contributed by atoms with Crippen LogP contribution in [-0.2, 0) is 11.8 Å². The molecule has 28 heavy (non-hydrogen) atoms. The van der Waals surface area contributed by atoms with Gasteiger partial charge in [0.25, 0.3) is 5.91 Å². The molecule has 5 nitrogen and oxygen atoms in total. The molecule has 0 atom stereocenters. The summed E-state index contributed by atoms with van der Waals surface area (Å²) in [7, 11) is 0. The van der Waals surface area contributed by atoms with E-state index in [0.717, 1.165) is 29.2 Å². The first-order valence-electron chi connectivity index (χ1n) is 9.62.